The lowest BCUT2D eigenvalue weighted by Crippen LogP contribution is -2.04. The molecule has 1 rings (SSSR count). The Labute approximate surface area is 77.0 Å². The molecule has 3 nitrogen and oxygen atoms in total. The van der Waals surface area contributed by atoms with E-state index in [1.807, 2.05) is 6.07 Å². The second kappa shape index (κ2) is 4.30. The van der Waals surface area contributed by atoms with E-state index in [4.69, 9.17) is 0 Å². The third kappa shape index (κ3) is 2.08. The van der Waals surface area contributed by atoms with Crippen molar-refractivity contribution in [1.82, 2.24) is 0 Å². The number of anilines is 1. The van der Waals surface area contributed by atoms with Gasteiger partial charge in [-0.1, -0.05) is 18.7 Å². The zero-order valence-corrected chi connectivity index (χ0v) is 7.41. The molecule has 0 heterocycles. The highest BCUT2D eigenvalue weighted by Gasteiger charge is 2.09. The summed E-state index contributed by atoms with van der Waals surface area (Å²) in [6.45, 7) is 3.32. The molecule has 0 aliphatic carbocycles. The Balaban J connectivity index is 2.98. The molecule has 0 unspecified atom stereocenters. The predicted molar refractivity (Wildman–Crippen MR) is 51.6 cm³/mol. The van der Waals surface area contributed by atoms with E-state index in [2.05, 4.69) is 16.6 Å². The average Bonchev–Trinajstić information content (AvgIpc) is 2.18. The first-order valence-corrected chi connectivity index (χ1v) is 3.88. The van der Waals surface area contributed by atoms with Gasteiger partial charge in [-0.2, -0.15) is 0 Å². The van der Waals surface area contributed by atoms with Crippen molar-refractivity contribution in [2.45, 2.75) is 0 Å². The van der Waals surface area contributed by atoms with Crippen molar-refractivity contribution >= 4 is 11.7 Å². The van der Waals surface area contributed by atoms with Crippen LogP contribution in [0, 0.1) is 0 Å². The molecule has 1 aromatic carbocycles. The van der Waals surface area contributed by atoms with Crippen LogP contribution in [0.4, 0.5) is 5.69 Å². The van der Waals surface area contributed by atoms with E-state index in [0.717, 1.165) is 11.9 Å². The van der Waals surface area contributed by atoms with Gasteiger partial charge in [0.05, 0.1) is 11.8 Å². The quantitative estimate of drug-likeness (QED) is 0.567. The highest BCUT2D eigenvalue weighted by molar-refractivity contribution is 5.95. The fraction of sp³-hybridized carbons (Fsp3) is 0.100. The minimum atomic E-state index is -0.403. The fourth-order valence-corrected chi connectivity index (χ4v) is 1.02. The Morgan fingerprint density at radius 2 is 2.23 bits per heavy atom. The molecular weight excluding hydrogens is 166 g/mol. The Kier molecular flexibility index (Phi) is 3.09. The van der Waals surface area contributed by atoms with Crippen molar-refractivity contribution in [3.63, 3.8) is 0 Å². The smallest absolute Gasteiger partial charge is 0.345 e. The highest BCUT2D eigenvalue weighted by atomic mass is 16.5. The second-order valence-corrected chi connectivity index (χ2v) is 2.37. The first-order chi connectivity index (χ1) is 6.29. The fourth-order valence-electron chi connectivity index (χ4n) is 1.02. The lowest BCUT2D eigenvalue weighted by atomic mass is 10.2. The van der Waals surface area contributed by atoms with E-state index >= 15 is 0 Å². The van der Waals surface area contributed by atoms with Crippen LogP contribution in [0.2, 0.25) is 0 Å². The first-order valence-electron chi connectivity index (χ1n) is 3.88. The van der Waals surface area contributed by atoms with Crippen LogP contribution in [0.1, 0.15) is 10.4 Å². The standard InChI is InChI=1S/C10H11NO2/c1-3-13-10(12)8-6-4-5-7-9(8)11-2/h3-7,11H,1H2,2H3. The summed E-state index contributed by atoms with van der Waals surface area (Å²) in [5, 5.41) is 2.90. The molecule has 13 heavy (non-hydrogen) atoms. The molecule has 0 fully saturated rings. The summed E-state index contributed by atoms with van der Waals surface area (Å²) < 4.78 is 4.66. The summed E-state index contributed by atoms with van der Waals surface area (Å²) in [5.41, 5.74) is 1.25. The van der Waals surface area contributed by atoms with Crippen LogP contribution in [0.5, 0.6) is 0 Å². The lowest BCUT2D eigenvalue weighted by Gasteiger charge is -2.05. The molecule has 0 saturated carbocycles. The zero-order chi connectivity index (χ0) is 9.68. The average molecular weight is 177 g/mol. The van der Waals surface area contributed by atoms with E-state index in [9.17, 15) is 4.79 Å². The molecule has 3 heteroatoms. The van der Waals surface area contributed by atoms with Crippen LogP contribution in [0.3, 0.4) is 0 Å². The molecule has 0 aliphatic rings. The number of benzene rings is 1. The first kappa shape index (κ1) is 9.32. The van der Waals surface area contributed by atoms with Crippen molar-refractivity contribution in [1.29, 1.82) is 0 Å². The van der Waals surface area contributed by atoms with Crippen LogP contribution in [-0.2, 0) is 4.74 Å². The summed E-state index contributed by atoms with van der Waals surface area (Å²) in [5.74, 6) is -0.403. The van der Waals surface area contributed by atoms with Gasteiger partial charge in [0.1, 0.15) is 0 Å². The number of carbonyl (C=O) groups is 1. The third-order valence-corrected chi connectivity index (χ3v) is 1.61. The van der Waals surface area contributed by atoms with Crippen LogP contribution in [0.15, 0.2) is 37.1 Å². The number of para-hydroxylation sites is 1. The SMILES string of the molecule is C=COC(=O)c1ccccc1NC. The Hall–Kier alpha value is -1.77. The van der Waals surface area contributed by atoms with Crippen LogP contribution >= 0.6 is 0 Å². The number of carbonyl (C=O) groups excluding carboxylic acids is 1. The van der Waals surface area contributed by atoms with Crippen molar-refractivity contribution in [3.8, 4) is 0 Å². The maximum atomic E-state index is 11.3. The number of hydrogen-bond donors (Lipinski definition) is 1. The zero-order valence-electron chi connectivity index (χ0n) is 7.41. The van der Waals surface area contributed by atoms with Gasteiger partial charge in [0, 0.05) is 12.7 Å². The van der Waals surface area contributed by atoms with Gasteiger partial charge in [0.2, 0.25) is 0 Å². The summed E-state index contributed by atoms with van der Waals surface area (Å²) in [7, 11) is 1.75. The second-order valence-electron chi connectivity index (χ2n) is 2.37. The minimum Gasteiger partial charge on any atom is -0.431 e. The third-order valence-electron chi connectivity index (χ3n) is 1.61. The van der Waals surface area contributed by atoms with E-state index in [-0.39, 0.29) is 0 Å². The normalized spacial score (nSPS) is 9.00. The van der Waals surface area contributed by atoms with Crippen LogP contribution < -0.4 is 5.32 Å². The number of ether oxygens (including phenoxy) is 1. The molecule has 1 N–H and O–H groups in total. The largest absolute Gasteiger partial charge is 0.431 e. The monoisotopic (exact) mass is 177 g/mol. The van der Waals surface area contributed by atoms with E-state index < -0.39 is 5.97 Å². The Morgan fingerprint density at radius 1 is 1.54 bits per heavy atom. The van der Waals surface area contributed by atoms with Crippen molar-refractivity contribution < 1.29 is 9.53 Å². The molecule has 0 spiro atoms. The lowest BCUT2D eigenvalue weighted by molar-refractivity contribution is 0.0665. The number of nitrogens with one attached hydrogen (secondary N) is 1. The van der Waals surface area contributed by atoms with E-state index in [1.165, 1.54) is 0 Å². The summed E-state index contributed by atoms with van der Waals surface area (Å²) >= 11 is 0. The molecular formula is C10H11NO2. The molecule has 68 valence electrons. The van der Waals surface area contributed by atoms with Gasteiger partial charge in [-0.3, -0.25) is 0 Å². The van der Waals surface area contributed by atoms with Gasteiger partial charge in [-0.25, -0.2) is 4.79 Å². The molecule has 0 aliphatic heterocycles. The Bertz CT molecular complexity index is 320. The van der Waals surface area contributed by atoms with Crippen molar-refractivity contribution in [3.05, 3.63) is 42.7 Å². The van der Waals surface area contributed by atoms with Crippen molar-refractivity contribution in [2.24, 2.45) is 0 Å². The van der Waals surface area contributed by atoms with Crippen molar-refractivity contribution in [2.75, 3.05) is 12.4 Å². The maximum Gasteiger partial charge on any atom is 0.345 e. The van der Waals surface area contributed by atoms with Gasteiger partial charge in [-0.15, -0.1) is 0 Å². The molecule has 0 bridgehead atoms. The van der Waals surface area contributed by atoms with E-state index in [0.29, 0.717) is 5.56 Å². The minimum absolute atomic E-state index is 0.403. The highest BCUT2D eigenvalue weighted by Crippen LogP contribution is 2.14. The molecule has 1 aromatic rings. The van der Waals surface area contributed by atoms with Gasteiger partial charge < -0.3 is 10.1 Å². The van der Waals surface area contributed by atoms with Gasteiger partial charge in [0.25, 0.3) is 0 Å². The topological polar surface area (TPSA) is 38.3 Å². The molecule has 0 saturated heterocycles. The van der Waals surface area contributed by atoms with Crippen LogP contribution in [0.25, 0.3) is 0 Å². The number of hydrogen-bond acceptors (Lipinski definition) is 3. The predicted octanol–water partition coefficient (Wildman–Crippen LogP) is 2.03. The Morgan fingerprint density at radius 3 is 2.85 bits per heavy atom. The van der Waals surface area contributed by atoms with Gasteiger partial charge in [0.15, 0.2) is 0 Å². The number of rotatable bonds is 3. The van der Waals surface area contributed by atoms with Crippen LogP contribution in [-0.4, -0.2) is 13.0 Å². The summed E-state index contributed by atoms with van der Waals surface area (Å²) in [6, 6.07) is 7.12. The maximum absolute atomic E-state index is 11.3. The van der Waals surface area contributed by atoms with E-state index in [1.54, 1.807) is 25.2 Å². The van der Waals surface area contributed by atoms with Gasteiger partial charge in [-0.05, 0) is 12.1 Å². The molecule has 0 radical (unpaired) electrons. The summed E-state index contributed by atoms with van der Waals surface area (Å²) in [6.07, 6.45) is 1.12. The summed E-state index contributed by atoms with van der Waals surface area (Å²) in [4.78, 5) is 11.3. The molecule has 0 amide bonds. The number of esters is 1. The molecule has 0 aromatic heterocycles. The van der Waals surface area contributed by atoms with Gasteiger partial charge >= 0.3 is 5.97 Å². The molecule has 0 atom stereocenters.